The number of oxazole rings is 1. The molecule has 0 N–H and O–H groups in total. The van der Waals surface area contributed by atoms with E-state index in [1.54, 1.807) is 0 Å². The first kappa shape index (κ1) is 16.2. The van der Waals surface area contributed by atoms with Crippen molar-refractivity contribution in [1.82, 2.24) is 9.97 Å². The van der Waals surface area contributed by atoms with Crippen LogP contribution >= 0.6 is 0 Å². The van der Waals surface area contributed by atoms with Gasteiger partial charge in [0.25, 0.3) is 6.43 Å². The third kappa shape index (κ3) is 3.29. The Morgan fingerprint density at radius 1 is 1.17 bits per heavy atom. The number of fused-ring (bicyclic) bond motifs is 1. The van der Waals surface area contributed by atoms with E-state index >= 15 is 0 Å². The summed E-state index contributed by atoms with van der Waals surface area (Å²) in [7, 11) is 0. The predicted octanol–water partition coefficient (Wildman–Crippen LogP) is 4.55. The van der Waals surface area contributed by atoms with E-state index in [9.17, 15) is 22.0 Å². The molecule has 3 aromatic rings. The van der Waals surface area contributed by atoms with Crippen LogP contribution in [0.15, 0.2) is 41.1 Å². The van der Waals surface area contributed by atoms with Crippen molar-refractivity contribution >= 4 is 11.1 Å². The van der Waals surface area contributed by atoms with Crippen molar-refractivity contribution in [3.63, 3.8) is 0 Å². The summed E-state index contributed by atoms with van der Waals surface area (Å²) in [6.07, 6.45) is -4.62. The maximum atomic E-state index is 12.7. The quantitative estimate of drug-likeness (QED) is 0.652. The molecule has 0 unspecified atom stereocenters. The molecule has 24 heavy (non-hydrogen) atoms. The second kappa shape index (κ2) is 6.06. The number of aromatic nitrogens is 2. The third-order valence-electron chi connectivity index (χ3n) is 3.09. The van der Waals surface area contributed by atoms with Gasteiger partial charge in [0.15, 0.2) is 11.3 Å². The minimum absolute atomic E-state index is 0.000371. The molecule has 1 aromatic carbocycles. The fourth-order valence-corrected chi connectivity index (χ4v) is 2.04. The summed E-state index contributed by atoms with van der Waals surface area (Å²) in [5.74, 6) is -0.0450. The molecule has 0 bridgehead atoms. The molecule has 4 nitrogen and oxygen atoms in total. The summed E-state index contributed by atoms with van der Waals surface area (Å²) in [6, 6.07) is 4.28. The lowest BCUT2D eigenvalue weighted by Gasteiger charge is -2.07. The molecule has 2 heterocycles. The van der Waals surface area contributed by atoms with Crippen molar-refractivity contribution in [3.8, 4) is 17.2 Å². The minimum Gasteiger partial charge on any atom is -0.485 e. The number of ether oxygens (including phenoxy) is 1. The zero-order valence-corrected chi connectivity index (χ0v) is 11.8. The molecular weight excluding hydrogens is 335 g/mol. The zero-order valence-electron chi connectivity index (χ0n) is 11.8. The monoisotopic (exact) mass is 344 g/mol. The summed E-state index contributed by atoms with van der Waals surface area (Å²) in [6.45, 7) is -0.850. The highest BCUT2D eigenvalue weighted by Gasteiger charge is 2.31. The number of benzene rings is 1. The summed E-state index contributed by atoms with van der Waals surface area (Å²) in [5.41, 5.74) is -0.514. The molecule has 0 atom stereocenters. The third-order valence-corrected chi connectivity index (χ3v) is 3.09. The Morgan fingerprint density at radius 3 is 2.67 bits per heavy atom. The molecule has 0 saturated carbocycles. The van der Waals surface area contributed by atoms with E-state index in [0.29, 0.717) is 0 Å². The van der Waals surface area contributed by atoms with E-state index in [1.165, 1.54) is 18.5 Å². The molecule has 3 rings (SSSR count). The molecule has 0 fully saturated rings. The molecule has 0 spiro atoms. The van der Waals surface area contributed by atoms with Gasteiger partial charge in [-0.15, -0.1) is 0 Å². The van der Waals surface area contributed by atoms with Gasteiger partial charge in [0.05, 0.1) is 17.3 Å². The number of pyridine rings is 1. The zero-order chi connectivity index (χ0) is 17.3. The fourth-order valence-electron chi connectivity index (χ4n) is 2.04. The number of hydrogen-bond donors (Lipinski definition) is 0. The van der Waals surface area contributed by atoms with Gasteiger partial charge in [0, 0.05) is 6.20 Å². The molecule has 9 heteroatoms. The number of hydrogen-bond acceptors (Lipinski definition) is 4. The average Bonchev–Trinajstić information content (AvgIpc) is 2.95. The van der Waals surface area contributed by atoms with Crippen LogP contribution in [0.5, 0.6) is 5.75 Å². The van der Waals surface area contributed by atoms with Crippen LogP contribution in [0.2, 0.25) is 0 Å². The SMILES string of the molecule is FC(F)COc1cnccc1-c1nc2cc(C(F)(F)F)ccc2o1. The van der Waals surface area contributed by atoms with Crippen LogP contribution < -0.4 is 4.74 Å². The summed E-state index contributed by atoms with van der Waals surface area (Å²) in [4.78, 5) is 7.74. The first-order valence-electron chi connectivity index (χ1n) is 6.68. The van der Waals surface area contributed by atoms with Gasteiger partial charge < -0.3 is 9.15 Å². The normalized spacial score (nSPS) is 12.1. The molecular formula is C15H9F5N2O2. The highest BCUT2D eigenvalue weighted by molar-refractivity contribution is 5.78. The molecule has 0 aliphatic rings. The van der Waals surface area contributed by atoms with Crippen LogP contribution in [0.4, 0.5) is 22.0 Å². The van der Waals surface area contributed by atoms with E-state index in [2.05, 4.69) is 9.97 Å². The lowest BCUT2D eigenvalue weighted by molar-refractivity contribution is -0.137. The Morgan fingerprint density at radius 2 is 1.96 bits per heavy atom. The van der Waals surface area contributed by atoms with Gasteiger partial charge in [-0.25, -0.2) is 13.8 Å². The van der Waals surface area contributed by atoms with Crippen LogP contribution in [0, 0.1) is 0 Å². The van der Waals surface area contributed by atoms with Crippen LogP contribution in [0.3, 0.4) is 0 Å². The summed E-state index contributed by atoms with van der Waals surface area (Å²) < 4.78 is 73.1. The number of halogens is 5. The molecule has 0 radical (unpaired) electrons. The summed E-state index contributed by atoms with van der Waals surface area (Å²) >= 11 is 0. The maximum Gasteiger partial charge on any atom is 0.416 e. The standard InChI is InChI=1S/C15H9F5N2O2/c16-13(17)7-23-12-6-21-4-3-9(12)14-22-10-5-8(15(18,19)20)1-2-11(10)24-14/h1-6,13H,7H2. The van der Waals surface area contributed by atoms with E-state index in [-0.39, 0.29) is 28.3 Å². The fraction of sp³-hybridized carbons (Fsp3) is 0.200. The molecule has 0 amide bonds. The van der Waals surface area contributed by atoms with Crippen LogP contribution in [0.1, 0.15) is 5.56 Å². The minimum atomic E-state index is -4.50. The summed E-state index contributed by atoms with van der Waals surface area (Å²) in [5, 5.41) is 0. The van der Waals surface area contributed by atoms with Crippen LogP contribution in [0.25, 0.3) is 22.6 Å². The Hall–Kier alpha value is -2.71. The van der Waals surface area contributed by atoms with Crippen LogP contribution in [-0.4, -0.2) is 23.0 Å². The van der Waals surface area contributed by atoms with E-state index < -0.39 is 24.8 Å². The maximum absolute atomic E-state index is 12.7. The van der Waals surface area contributed by atoms with Gasteiger partial charge in [-0.3, -0.25) is 4.98 Å². The average molecular weight is 344 g/mol. The van der Waals surface area contributed by atoms with E-state index in [4.69, 9.17) is 9.15 Å². The Labute approximate surface area is 131 Å². The molecule has 2 aromatic heterocycles. The van der Waals surface area contributed by atoms with Gasteiger partial charge in [0.1, 0.15) is 12.1 Å². The van der Waals surface area contributed by atoms with Gasteiger partial charge in [0.2, 0.25) is 5.89 Å². The largest absolute Gasteiger partial charge is 0.485 e. The second-order valence-electron chi connectivity index (χ2n) is 4.77. The lowest BCUT2D eigenvalue weighted by atomic mass is 10.2. The van der Waals surface area contributed by atoms with Crippen molar-refractivity contribution in [1.29, 1.82) is 0 Å². The van der Waals surface area contributed by atoms with Crippen molar-refractivity contribution < 1.29 is 31.1 Å². The molecule has 0 aliphatic heterocycles. The van der Waals surface area contributed by atoms with Gasteiger partial charge in [-0.2, -0.15) is 13.2 Å². The predicted molar refractivity (Wildman–Crippen MR) is 73.7 cm³/mol. The smallest absolute Gasteiger partial charge is 0.416 e. The van der Waals surface area contributed by atoms with E-state index in [1.807, 2.05) is 0 Å². The first-order valence-corrected chi connectivity index (χ1v) is 6.68. The van der Waals surface area contributed by atoms with Crippen LogP contribution in [-0.2, 0) is 6.18 Å². The highest BCUT2D eigenvalue weighted by Crippen LogP contribution is 2.34. The number of rotatable bonds is 4. The van der Waals surface area contributed by atoms with Gasteiger partial charge in [-0.1, -0.05) is 0 Å². The van der Waals surface area contributed by atoms with Crippen molar-refractivity contribution in [2.24, 2.45) is 0 Å². The van der Waals surface area contributed by atoms with Crippen molar-refractivity contribution in [2.45, 2.75) is 12.6 Å². The topological polar surface area (TPSA) is 48.2 Å². The van der Waals surface area contributed by atoms with Crippen molar-refractivity contribution in [2.75, 3.05) is 6.61 Å². The van der Waals surface area contributed by atoms with Gasteiger partial charge in [-0.05, 0) is 24.3 Å². The number of nitrogens with zero attached hydrogens (tertiary/aromatic N) is 2. The second-order valence-corrected chi connectivity index (χ2v) is 4.77. The van der Waals surface area contributed by atoms with Crippen molar-refractivity contribution in [3.05, 3.63) is 42.2 Å². The first-order chi connectivity index (χ1) is 11.3. The Balaban J connectivity index is 2.01. The molecule has 0 saturated heterocycles. The molecule has 126 valence electrons. The number of alkyl halides is 5. The van der Waals surface area contributed by atoms with E-state index in [0.717, 1.165) is 18.2 Å². The molecule has 0 aliphatic carbocycles. The Kier molecular flexibility index (Phi) is 4.08. The highest BCUT2D eigenvalue weighted by atomic mass is 19.4. The lowest BCUT2D eigenvalue weighted by Crippen LogP contribution is -2.07. The Bertz CT molecular complexity index is 860. The van der Waals surface area contributed by atoms with Gasteiger partial charge >= 0.3 is 6.18 Å².